The fourth-order valence-corrected chi connectivity index (χ4v) is 2.69. The second kappa shape index (κ2) is 2.15. The molecule has 2 fully saturated rings. The van der Waals surface area contributed by atoms with Crippen molar-refractivity contribution >= 4 is 11.9 Å². The van der Waals surface area contributed by atoms with Crippen molar-refractivity contribution in [2.75, 3.05) is 25.4 Å². The summed E-state index contributed by atoms with van der Waals surface area (Å²) < 4.78 is 3.33. The predicted molar refractivity (Wildman–Crippen MR) is 40.4 cm³/mol. The Morgan fingerprint density at radius 3 is 2.89 bits per heavy atom. The van der Waals surface area contributed by atoms with Crippen molar-refractivity contribution in [1.82, 2.24) is 10.0 Å². The molecule has 52 valence electrons. The van der Waals surface area contributed by atoms with Crippen LogP contribution < -0.4 is 10.0 Å². The Hall–Kier alpha value is 0.270. The van der Waals surface area contributed by atoms with Gasteiger partial charge in [-0.1, -0.05) is 11.9 Å². The van der Waals surface area contributed by atoms with Gasteiger partial charge in [0.05, 0.1) is 0 Å². The first-order chi connectivity index (χ1) is 4.41. The van der Waals surface area contributed by atoms with Gasteiger partial charge in [0.25, 0.3) is 0 Å². The molecule has 9 heavy (non-hydrogen) atoms. The first kappa shape index (κ1) is 6.01. The molecule has 0 aromatic carbocycles. The first-order valence-corrected chi connectivity index (χ1v) is 4.45. The van der Waals surface area contributed by atoms with Gasteiger partial charge >= 0.3 is 0 Å². The van der Waals surface area contributed by atoms with E-state index in [2.05, 4.69) is 10.0 Å². The fourth-order valence-electron chi connectivity index (χ4n) is 1.53. The molecule has 1 spiro atoms. The molecule has 0 radical (unpaired) electrons. The Morgan fingerprint density at radius 2 is 2.33 bits per heavy atom. The van der Waals surface area contributed by atoms with E-state index in [1.807, 2.05) is 11.9 Å². The molecule has 0 aliphatic carbocycles. The maximum absolute atomic E-state index is 3.40. The summed E-state index contributed by atoms with van der Waals surface area (Å²) in [6, 6.07) is 0. The summed E-state index contributed by atoms with van der Waals surface area (Å²) in [4.78, 5) is 0. The molecule has 0 amide bonds. The van der Waals surface area contributed by atoms with Gasteiger partial charge in [0, 0.05) is 24.3 Å². The summed E-state index contributed by atoms with van der Waals surface area (Å²) in [5, 5.41) is 3.40. The van der Waals surface area contributed by atoms with Crippen LogP contribution in [0.4, 0.5) is 0 Å². The zero-order valence-electron chi connectivity index (χ0n) is 5.44. The average Bonchev–Trinajstić information content (AvgIpc) is 2.45. The SMILES string of the molecule is C1CC2(CN1)CNSC2. The molecule has 0 aromatic rings. The molecular weight excluding hydrogens is 132 g/mol. The number of nitrogens with one attached hydrogen (secondary N) is 2. The van der Waals surface area contributed by atoms with E-state index < -0.39 is 0 Å². The number of rotatable bonds is 0. The highest BCUT2D eigenvalue weighted by Crippen LogP contribution is 2.33. The van der Waals surface area contributed by atoms with Crippen LogP contribution in [-0.4, -0.2) is 25.4 Å². The minimum Gasteiger partial charge on any atom is -0.316 e. The van der Waals surface area contributed by atoms with Gasteiger partial charge in [-0.3, -0.25) is 4.72 Å². The van der Waals surface area contributed by atoms with E-state index in [1.54, 1.807) is 0 Å². The van der Waals surface area contributed by atoms with Crippen LogP contribution in [0.25, 0.3) is 0 Å². The van der Waals surface area contributed by atoms with Gasteiger partial charge in [-0.05, 0) is 13.0 Å². The standard InChI is InChI=1S/C6H12N2S/c1-2-7-3-6(1)4-8-9-5-6/h7-8H,1-5H2. The van der Waals surface area contributed by atoms with Crippen molar-refractivity contribution < 1.29 is 0 Å². The molecule has 0 saturated carbocycles. The van der Waals surface area contributed by atoms with Gasteiger partial charge in [-0.25, -0.2) is 0 Å². The van der Waals surface area contributed by atoms with E-state index in [0.29, 0.717) is 5.41 Å². The van der Waals surface area contributed by atoms with Gasteiger partial charge in [0.15, 0.2) is 0 Å². The second-order valence-corrected chi connectivity index (χ2v) is 3.90. The maximum atomic E-state index is 3.40. The van der Waals surface area contributed by atoms with Gasteiger partial charge < -0.3 is 5.32 Å². The Balaban J connectivity index is 2.04. The molecule has 2 N–H and O–H groups in total. The molecule has 0 aromatic heterocycles. The summed E-state index contributed by atoms with van der Waals surface area (Å²) in [6.07, 6.45) is 1.37. The van der Waals surface area contributed by atoms with Gasteiger partial charge in [0.2, 0.25) is 0 Å². The molecule has 1 atom stereocenters. The summed E-state index contributed by atoms with van der Waals surface area (Å²) in [5.41, 5.74) is 0.630. The molecule has 2 rings (SSSR count). The van der Waals surface area contributed by atoms with Crippen LogP contribution in [0, 0.1) is 5.41 Å². The summed E-state index contributed by atoms with van der Waals surface area (Å²) >= 11 is 1.88. The number of hydrogen-bond donors (Lipinski definition) is 2. The van der Waals surface area contributed by atoms with Crippen LogP contribution in [0.3, 0.4) is 0 Å². The Morgan fingerprint density at radius 1 is 1.33 bits per heavy atom. The van der Waals surface area contributed by atoms with Gasteiger partial charge in [0.1, 0.15) is 0 Å². The third-order valence-corrected chi connectivity index (χ3v) is 3.36. The highest BCUT2D eigenvalue weighted by atomic mass is 32.2. The normalized spacial score (nSPS) is 42.7. The summed E-state index contributed by atoms with van der Waals surface area (Å²) in [6.45, 7) is 3.67. The highest BCUT2D eigenvalue weighted by Gasteiger charge is 2.36. The lowest BCUT2D eigenvalue weighted by molar-refractivity contribution is 0.397. The van der Waals surface area contributed by atoms with Crippen LogP contribution in [0.2, 0.25) is 0 Å². The van der Waals surface area contributed by atoms with Crippen molar-refractivity contribution in [2.45, 2.75) is 6.42 Å². The topological polar surface area (TPSA) is 24.1 Å². The third-order valence-electron chi connectivity index (χ3n) is 2.26. The van der Waals surface area contributed by atoms with E-state index in [0.717, 1.165) is 0 Å². The molecule has 2 saturated heterocycles. The van der Waals surface area contributed by atoms with Crippen LogP contribution in [-0.2, 0) is 0 Å². The molecule has 2 aliphatic rings. The molecule has 2 aliphatic heterocycles. The zero-order chi connectivity index (χ0) is 6.16. The summed E-state index contributed by atoms with van der Waals surface area (Å²) in [7, 11) is 0. The number of hydrogen-bond acceptors (Lipinski definition) is 3. The van der Waals surface area contributed by atoms with Crippen molar-refractivity contribution in [1.29, 1.82) is 0 Å². The van der Waals surface area contributed by atoms with E-state index >= 15 is 0 Å². The first-order valence-electron chi connectivity index (χ1n) is 3.47. The van der Waals surface area contributed by atoms with Crippen molar-refractivity contribution in [3.8, 4) is 0 Å². The Bertz CT molecular complexity index is 86.1. The summed E-state index contributed by atoms with van der Waals surface area (Å²) in [5.74, 6) is 1.31. The maximum Gasteiger partial charge on any atom is 0.0160 e. The van der Waals surface area contributed by atoms with Gasteiger partial charge in [-0.2, -0.15) is 0 Å². The van der Waals surface area contributed by atoms with Crippen molar-refractivity contribution in [3.63, 3.8) is 0 Å². The highest BCUT2D eigenvalue weighted by molar-refractivity contribution is 7.97. The van der Waals surface area contributed by atoms with E-state index in [-0.39, 0.29) is 0 Å². The largest absolute Gasteiger partial charge is 0.316 e. The minimum absolute atomic E-state index is 0.630. The smallest absolute Gasteiger partial charge is 0.0160 e. The molecule has 3 heteroatoms. The van der Waals surface area contributed by atoms with Crippen LogP contribution in [0.15, 0.2) is 0 Å². The van der Waals surface area contributed by atoms with Crippen molar-refractivity contribution in [3.05, 3.63) is 0 Å². The van der Waals surface area contributed by atoms with Crippen LogP contribution in [0.5, 0.6) is 0 Å². The molecule has 0 bridgehead atoms. The fraction of sp³-hybridized carbons (Fsp3) is 1.00. The lowest BCUT2D eigenvalue weighted by Crippen LogP contribution is -2.28. The molecule has 1 unspecified atom stereocenters. The Labute approximate surface area is 59.9 Å². The minimum atomic E-state index is 0.630. The lowest BCUT2D eigenvalue weighted by Gasteiger charge is -2.17. The second-order valence-electron chi connectivity index (χ2n) is 3.04. The van der Waals surface area contributed by atoms with Gasteiger partial charge in [-0.15, -0.1) is 0 Å². The van der Waals surface area contributed by atoms with Crippen LogP contribution in [0.1, 0.15) is 6.42 Å². The molecule has 2 heterocycles. The monoisotopic (exact) mass is 144 g/mol. The van der Waals surface area contributed by atoms with Crippen molar-refractivity contribution in [2.24, 2.45) is 5.41 Å². The lowest BCUT2D eigenvalue weighted by atomic mass is 9.90. The third kappa shape index (κ3) is 0.974. The average molecular weight is 144 g/mol. The van der Waals surface area contributed by atoms with E-state index in [1.165, 1.54) is 31.8 Å². The quantitative estimate of drug-likeness (QED) is 0.475. The Kier molecular flexibility index (Phi) is 1.43. The van der Waals surface area contributed by atoms with E-state index in [4.69, 9.17) is 0 Å². The predicted octanol–water partition coefficient (Wildman–Crippen LogP) is 0.217. The van der Waals surface area contributed by atoms with Crippen LogP contribution >= 0.6 is 11.9 Å². The molecular formula is C6H12N2S. The van der Waals surface area contributed by atoms with E-state index in [9.17, 15) is 0 Å². The molecule has 2 nitrogen and oxygen atoms in total. The zero-order valence-corrected chi connectivity index (χ0v) is 6.26.